The molecule has 0 radical (unpaired) electrons. The number of carbonyl (C=O) groups excluding carboxylic acids is 1. The number of rotatable bonds is 8. The fourth-order valence-corrected chi connectivity index (χ4v) is 4.41. The van der Waals surface area contributed by atoms with Crippen molar-refractivity contribution in [3.63, 3.8) is 0 Å². The van der Waals surface area contributed by atoms with Gasteiger partial charge in [0, 0.05) is 12.6 Å². The van der Waals surface area contributed by atoms with Crippen LogP contribution >= 0.6 is 0 Å². The summed E-state index contributed by atoms with van der Waals surface area (Å²) in [6, 6.07) is 14.6. The summed E-state index contributed by atoms with van der Waals surface area (Å²) in [5.41, 5.74) is 2.37. The summed E-state index contributed by atoms with van der Waals surface area (Å²) in [5.74, 6) is -0.297. The molecule has 0 bridgehead atoms. The molecule has 0 heterocycles. The molecule has 1 atom stereocenters. The minimum atomic E-state index is -3.82. The summed E-state index contributed by atoms with van der Waals surface area (Å²) in [4.78, 5) is 12.7. The molecule has 2 aromatic carbocycles. The fourth-order valence-electron chi connectivity index (χ4n) is 2.72. The van der Waals surface area contributed by atoms with Crippen LogP contribution in [-0.2, 0) is 21.4 Å². The van der Waals surface area contributed by atoms with Crippen molar-refractivity contribution in [3.05, 3.63) is 65.2 Å². The van der Waals surface area contributed by atoms with Crippen LogP contribution in [0.15, 0.2) is 53.4 Å². The van der Waals surface area contributed by atoms with Crippen LogP contribution in [0.3, 0.4) is 0 Å². The summed E-state index contributed by atoms with van der Waals surface area (Å²) in [6.07, 6.45) is 0.786. The highest BCUT2D eigenvalue weighted by Gasteiger charge is 2.28. The lowest BCUT2D eigenvalue weighted by molar-refractivity contribution is -0.122. The van der Waals surface area contributed by atoms with E-state index < -0.39 is 10.0 Å². The molecular formula is C21H28N2O3S. The Labute approximate surface area is 162 Å². The molecule has 0 fully saturated rings. The van der Waals surface area contributed by atoms with Gasteiger partial charge in [-0.2, -0.15) is 4.31 Å². The van der Waals surface area contributed by atoms with E-state index in [1.54, 1.807) is 19.1 Å². The quantitative estimate of drug-likeness (QED) is 0.754. The molecule has 0 aliphatic carbocycles. The molecule has 27 heavy (non-hydrogen) atoms. The number of carbonyl (C=O) groups is 1. The summed E-state index contributed by atoms with van der Waals surface area (Å²) < 4.78 is 27.9. The largest absolute Gasteiger partial charge is 0.353 e. The minimum absolute atomic E-state index is 0.000477. The van der Waals surface area contributed by atoms with Crippen LogP contribution in [0.2, 0.25) is 0 Å². The normalized spacial score (nSPS) is 12.8. The molecule has 2 rings (SSSR count). The van der Waals surface area contributed by atoms with Crippen molar-refractivity contribution in [2.75, 3.05) is 6.54 Å². The average Bonchev–Trinajstić information content (AvgIpc) is 2.63. The lowest BCUT2D eigenvalue weighted by Crippen LogP contribution is -2.43. The molecule has 1 amide bonds. The van der Waals surface area contributed by atoms with Crippen molar-refractivity contribution in [2.24, 2.45) is 0 Å². The smallest absolute Gasteiger partial charge is 0.244 e. The van der Waals surface area contributed by atoms with Crippen molar-refractivity contribution in [2.45, 2.75) is 51.6 Å². The van der Waals surface area contributed by atoms with Crippen molar-refractivity contribution >= 4 is 15.9 Å². The summed E-state index contributed by atoms with van der Waals surface area (Å²) in [5, 5.41) is 2.85. The molecule has 0 saturated heterocycles. The second kappa shape index (κ2) is 9.15. The Kier molecular flexibility index (Phi) is 7.16. The maximum atomic E-state index is 13.3. The zero-order valence-electron chi connectivity index (χ0n) is 16.4. The molecule has 0 aliphatic heterocycles. The van der Waals surface area contributed by atoms with Crippen LogP contribution in [0, 0.1) is 13.8 Å². The van der Waals surface area contributed by atoms with Gasteiger partial charge in [-0.25, -0.2) is 8.42 Å². The topological polar surface area (TPSA) is 66.5 Å². The lowest BCUT2D eigenvalue weighted by atomic mass is 10.2. The third-order valence-corrected chi connectivity index (χ3v) is 6.44. The van der Waals surface area contributed by atoms with E-state index in [2.05, 4.69) is 5.32 Å². The van der Waals surface area contributed by atoms with Gasteiger partial charge in [0.25, 0.3) is 0 Å². The van der Waals surface area contributed by atoms with E-state index in [9.17, 15) is 13.2 Å². The van der Waals surface area contributed by atoms with Gasteiger partial charge in [-0.15, -0.1) is 0 Å². The second-order valence-corrected chi connectivity index (χ2v) is 8.81. The SMILES string of the molecule is CC[C@H](C)NC(=O)CN(Cc1ccccc1)S(=O)(=O)c1cc(C)ccc1C. The van der Waals surface area contributed by atoms with E-state index in [1.807, 2.05) is 57.2 Å². The van der Waals surface area contributed by atoms with Gasteiger partial charge < -0.3 is 5.32 Å². The van der Waals surface area contributed by atoms with Crippen molar-refractivity contribution in [1.82, 2.24) is 9.62 Å². The Balaban J connectivity index is 2.38. The third kappa shape index (κ3) is 5.65. The number of nitrogens with zero attached hydrogens (tertiary/aromatic N) is 1. The summed E-state index contributed by atoms with van der Waals surface area (Å²) >= 11 is 0. The predicted molar refractivity (Wildman–Crippen MR) is 108 cm³/mol. The Bertz CT molecular complexity index is 880. The monoisotopic (exact) mass is 388 g/mol. The minimum Gasteiger partial charge on any atom is -0.353 e. The Hall–Kier alpha value is -2.18. The molecule has 1 N–H and O–H groups in total. The van der Waals surface area contributed by atoms with E-state index >= 15 is 0 Å². The molecule has 146 valence electrons. The van der Waals surface area contributed by atoms with E-state index in [0.717, 1.165) is 17.5 Å². The highest BCUT2D eigenvalue weighted by molar-refractivity contribution is 7.89. The van der Waals surface area contributed by atoms with Crippen LogP contribution in [0.1, 0.15) is 37.0 Å². The standard InChI is InChI=1S/C21H28N2O3S/c1-5-18(4)22-21(24)15-23(14-19-9-7-6-8-10-19)27(25,26)20-13-16(2)11-12-17(20)3/h6-13,18H,5,14-15H2,1-4H3,(H,22,24)/t18-/m0/s1. The molecule has 5 nitrogen and oxygen atoms in total. The van der Waals surface area contributed by atoms with Crippen LogP contribution in [0.5, 0.6) is 0 Å². The molecule has 0 aliphatic rings. The molecule has 0 aromatic heterocycles. The van der Waals surface area contributed by atoms with Gasteiger partial charge >= 0.3 is 0 Å². The number of hydrogen-bond donors (Lipinski definition) is 1. The molecule has 0 saturated carbocycles. The van der Waals surface area contributed by atoms with Crippen molar-refractivity contribution in [1.29, 1.82) is 0 Å². The zero-order chi connectivity index (χ0) is 20.0. The Morgan fingerprint density at radius 1 is 1.11 bits per heavy atom. The van der Waals surface area contributed by atoms with E-state index in [1.165, 1.54) is 4.31 Å². The van der Waals surface area contributed by atoms with Crippen LogP contribution in [-0.4, -0.2) is 31.2 Å². The molecule has 0 spiro atoms. The average molecular weight is 389 g/mol. The highest BCUT2D eigenvalue weighted by Crippen LogP contribution is 2.23. The molecule has 0 unspecified atom stereocenters. The number of nitrogens with one attached hydrogen (secondary N) is 1. The first-order valence-corrected chi connectivity index (χ1v) is 10.6. The third-order valence-electron chi connectivity index (χ3n) is 4.50. The molecule has 2 aromatic rings. The number of hydrogen-bond acceptors (Lipinski definition) is 3. The zero-order valence-corrected chi connectivity index (χ0v) is 17.2. The van der Waals surface area contributed by atoms with Gasteiger partial charge in [0.05, 0.1) is 11.4 Å². The van der Waals surface area contributed by atoms with Crippen LogP contribution in [0.25, 0.3) is 0 Å². The first kappa shape index (κ1) is 21.1. The van der Waals surface area contributed by atoms with E-state index in [4.69, 9.17) is 0 Å². The van der Waals surface area contributed by atoms with Gasteiger partial charge in [-0.3, -0.25) is 4.79 Å². The molecular weight excluding hydrogens is 360 g/mol. The second-order valence-electron chi connectivity index (χ2n) is 6.90. The van der Waals surface area contributed by atoms with E-state index in [-0.39, 0.29) is 29.9 Å². The Morgan fingerprint density at radius 2 is 1.78 bits per heavy atom. The fraction of sp³-hybridized carbons (Fsp3) is 0.381. The highest BCUT2D eigenvalue weighted by atomic mass is 32.2. The van der Waals surface area contributed by atoms with Crippen molar-refractivity contribution < 1.29 is 13.2 Å². The van der Waals surface area contributed by atoms with Gasteiger partial charge in [0.15, 0.2) is 0 Å². The maximum Gasteiger partial charge on any atom is 0.244 e. The van der Waals surface area contributed by atoms with Gasteiger partial charge in [0.1, 0.15) is 0 Å². The van der Waals surface area contributed by atoms with Gasteiger partial charge in [0.2, 0.25) is 15.9 Å². The number of benzene rings is 2. The number of amides is 1. The van der Waals surface area contributed by atoms with E-state index in [0.29, 0.717) is 5.56 Å². The lowest BCUT2D eigenvalue weighted by Gasteiger charge is -2.24. The Morgan fingerprint density at radius 3 is 2.41 bits per heavy atom. The first-order valence-electron chi connectivity index (χ1n) is 9.14. The van der Waals surface area contributed by atoms with Crippen LogP contribution in [0.4, 0.5) is 0 Å². The van der Waals surface area contributed by atoms with Crippen molar-refractivity contribution in [3.8, 4) is 0 Å². The molecule has 6 heteroatoms. The summed E-state index contributed by atoms with van der Waals surface area (Å²) in [7, 11) is -3.82. The maximum absolute atomic E-state index is 13.3. The number of aryl methyl sites for hydroxylation is 2. The van der Waals surface area contributed by atoms with Gasteiger partial charge in [-0.1, -0.05) is 49.4 Å². The predicted octanol–water partition coefficient (Wildman–Crippen LogP) is 3.41. The summed E-state index contributed by atoms with van der Waals surface area (Å²) in [6.45, 7) is 7.43. The van der Waals surface area contributed by atoms with Crippen LogP contribution < -0.4 is 5.32 Å². The number of sulfonamides is 1. The van der Waals surface area contributed by atoms with Gasteiger partial charge in [-0.05, 0) is 49.9 Å². The first-order chi connectivity index (χ1) is 12.7.